The van der Waals surface area contributed by atoms with Crippen LogP contribution in [0.1, 0.15) is 43.8 Å². The quantitative estimate of drug-likeness (QED) is 0.761. The van der Waals surface area contributed by atoms with Gasteiger partial charge in [0.05, 0.1) is 5.92 Å². The number of carboxylic acids is 1. The average molecular weight is 263 g/mol. The number of aromatic nitrogens is 2. The number of carboxylic acid groups (broad SMARTS) is 1. The van der Waals surface area contributed by atoms with Crippen LogP contribution in [-0.4, -0.2) is 27.1 Å². The lowest BCUT2D eigenvalue weighted by Crippen LogP contribution is -2.21. The Labute approximate surface area is 110 Å². The van der Waals surface area contributed by atoms with E-state index >= 15 is 0 Å². The summed E-state index contributed by atoms with van der Waals surface area (Å²) >= 11 is 0. The Kier molecular flexibility index (Phi) is 3.00. The van der Waals surface area contributed by atoms with E-state index in [4.69, 9.17) is 5.11 Å². The number of H-pyrrole nitrogens is 1. The number of aliphatic carboxylic acids is 1. The van der Waals surface area contributed by atoms with Gasteiger partial charge in [0.2, 0.25) is 0 Å². The van der Waals surface area contributed by atoms with Crippen molar-refractivity contribution in [1.82, 2.24) is 9.97 Å². The summed E-state index contributed by atoms with van der Waals surface area (Å²) in [4.78, 5) is 29.6. The molecule has 0 amide bonds. The standard InChI is InChI=1S/C13H17N3O3/c17-11-6-10(15-12(16-11)7-1-2-7)14-9-4-3-8(5-9)13(18)19/h6-9H,1-5H2,(H,18,19)(H2,14,15,16,17). The molecule has 6 heteroatoms. The molecule has 2 saturated carbocycles. The fraction of sp³-hybridized carbons (Fsp3) is 0.615. The zero-order valence-corrected chi connectivity index (χ0v) is 10.6. The Morgan fingerprint density at radius 3 is 2.79 bits per heavy atom. The monoisotopic (exact) mass is 263 g/mol. The summed E-state index contributed by atoms with van der Waals surface area (Å²) in [5.41, 5.74) is -0.146. The van der Waals surface area contributed by atoms with Gasteiger partial charge in [-0.25, -0.2) is 4.98 Å². The fourth-order valence-corrected chi connectivity index (χ4v) is 2.65. The molecule has 2 unspecified atom stereocenters. The minimum Gasteiger partial charge on any atom is -0.481 e. The number of hydrogen-bond acceptors (Lipinski definition) is 4. The largest absolute Gasteiger partial charge is 0.481 e. The predicted molar refractivity (Wildman–Crippen MR) is 69.2 cm³/mol. The normalized spacial score (nSPS) is 26.3. The van der Waals surface area contributed by atoms with Crippen molar-refractivity contribution in [2.24, 2.45) is 5.92 Å². The smallest absolute Gasteiger partial charge is 0.306 e. The summed E-state index contributed by atoms with van der Waals surface area (Å²) in [5.74, 6) is 0.707. The van der Waals surface area contributed by atoms with Crippen molar-refractivity contribution < 1.29 is 9.90 Å². The third-order valence-corrected chi connectivity index (χ3v) is 3.86. The van der Waals surface area contributed by atoms with Gasteiger partial charge >= 0.3 is 5.97 Å². The molecule has 1 aromatic heterocycles. The van der Waals surface area contributed by atoms with Gasteiger partial charge in [-0.05, 0) is 32.1 Å². The molecule has 2 aliphatic rings. The molecule has 3 N–H and O–H groups in total. The molecule has 2 fully saturated rings. The second kappa shape index (κ2) is 4.68. The zero-order valence-electron chi connectivity index (χ0n) is 10.6. The van der Waals surface area contributed by atoms with Crippen molar-refractivity contribution in [2.75, 3.05) is 5.32 Å². The fourth-order valence-electron chi connectivity index (χ4n) is 2.65. The second-order valence-corrected chi connectivity index (χ2v) is 5.48. The van der Waals surface area contributed by atoms with E-state index < -0.39 is 5.97 Å². The number of carbonyl (C=O) groups is 1. The van der Waals surface area contributed by atoms with E-state index in [0.717, 1.165) is 25.1 Å². The number of nitrogens with zero attached hydrogens (tertiary/aromatic N) is 1. The number of hydrogen-bond donors (Lipinski definition) is 3. The Balaban J connectivity index is 1.70. The average Bonchev–Trinajstić information content (AvgIpc) is 3.09. The van der Waals surface area contributed by atoms with Gasteiger partial charge in [-0.1, -0.05) is 0 Å². The minimum atomic E-state index is -0.734. The highest BCUT2D eigenvalue weighted by Crippen LogP contribution is 2.37. The molecule has 0 spiro atoms. The second-order valence-electron chi connectivity index (χ2n) is 5.48. The van der Waals surface area contributed by atoms with E-state index in [1.54, 1.807) is 0 Å². The number of aromatic amines is 1. The molecule has 2 aliphatic carbocycles. The summed E-state index contributed by atoms with van der Waals surface area (Å²) in [6, 6.07) is 1.54. The summed E-state index contributed by atoms with van der Waals surface area (Å²) in [5, 5.41) is 12.2. The van der Waals surface area contributed by atoms with Crippen LogP contribution < -0.4 is 10.9 Å². The highest BCUT2D eigenvalue weighted by atomic mass is 16.4. The van der Waals surface area contributed by atoms with Crippen LogP contribution in [0.15, 0.2) is 10.9 Å². The molecular formula is C13H17N3O3. The SMILES string of the molecule is O=C(O)C1CCC(Nc2cc(=O)[nH]c(C3CC3)n2)C1. The highest BCUT2D eigenvalue weighted by molar-refractivity contribution is 5.70. The first-order chi connectivity index (χ1) is 9.11. The first-order valence-corrected chi connectivity index (χ1v) is 6.72. The zero-order chi connectivity index (χ0) is 13.4. The van der Waals surface area contributed by atoms with Crippen molar-refractivity contribution in [1.29, 1.82) is 0 Å². The van der Waals surface area contributed by atoms with Crippen LogP contribution in [0.4, 0.5) is 5.82 Å². The molecule has 6 nitrogen and oxygen atoms in total. The van der Waals surface area contributed by atoms with Gasteiger partial charge < -0.3 is 15.4 Å². The van der Waals surface area contributed by atoms with Crippen LogP contribution in [0.2, 0.25) is 0 Å². The molecule has 3 rings (SSSR count). The lowest BCUT2D eigenvalue weighted by atomic mass is 10.1. The van der Waals surface area contributed by atoms with Crippen molar-refractivity contribution in [3.63, 3.8) is 0 Å². The van der Waals surface area contributed by atoms with Gasteiger partial charge in [0.15, 0.2) is 0 Å². The predicted octanol–water partition coefficient (Wildman–Crippen LogP) is 1.31. The van der Waals surface area contributed by atoms with E-state index in [-0.39, 0.29) is 17.5 Å². The Bertz CT molecular complexity index is 550. The topological polar surface area (TPSA) is 95.1 Å². The maximum atomic E-state index is 11.6. The maximum Gasteiger partial charge on any atom is 0.306 e. The van der Waals surface area contributed by atoms with Crippen LogP contribution in [0, 0.1) is 5.92 Å². The molecule has 19 heavy (non-hydrogen) atoms. The molecule has 0 saturated heterocycles. The summed E-state index contributed by atoms with van der Waals surface area (Å²) in [6.45, 7) is 0. The van der Waals surface area contributed by atoms with E-state index in [1.807, 2.05) is 0 Å². The van der Waals surface area contributed by atoms with Crippen LogP contribution in [0.3, 0.4) is 0 Å². The van der Waals surface area contributed by atoms with Crippen LogP contribution in [-0.2, 0) is 4.79 Å². The highest BCUT2D eigenvalue weighted by Gasteiger charge is 2.30. The minimum absolute atomic E-state index is 0.0995. The van der Waals surface area contributed by atoms with Gasteiger partial charge in [0.25, 0.3) is 5.56 Å². The lowest BCUT2D eigenvalue weighted by Gasteiger charge is -2.13. The third kappa shape index (κ3) is 2.77. The third-order valence-electron chi connectivity index (χ3n) is 3.86. The molecule has 102 valence electrons. The van der Waals surface area contributed by atoms with Gasteiger partial charge in [-0.2, -0.15) is 0 Å². The van der Waals surface area contributed by atoms with Crippen molar-refractivity contribution in [3.8, 4) is 0 Å². The van der Waals surface area contributed by atoms with Gasteiger partial charge in [0.1, 0.15) is 11.6 Å². The first kappa shape index (κ1) is 12.2. The van der Waals surface area contributed by atoms with E-state index in [9.17, 15) is 9.59 Å². The molecule has 1 heterocycles. The van der Waals surface area contributed by atoms with Crippen LogP contribution >= 0.6 is 0 Å². The lowest BCUT2D eigenvalue weighted by molar-refractivity contribution is -0.141. The maximum absolute atomic E-state index is 11.6. The number of anilines is 1. The van der Waals surface area contributed by atoms with Gasteiger partial charge in [0, 0.05) is 18.0 Å². The number of nitrogens with one attached hydrogen (secondary N) is 2. The molecule has 0 radical (unpaired) electrons. The first-order valence-electron chi connectivity index (χ1n) is 6.72. The molecule has 0 aliphatic heterocycles. The Morgan fingerprint density at radius 1 is 1.37 bits per heavy atom. The molecule has 0 bridgehead atoms. The molecular weight excluding hydrogens is 246 g/mol. The van der Waals surface area contributed by atoms with E-state index in [2.05, 4.69) is 15.3 Å². The van der Waals surface area contributed by atoms with Crippen molar-refractivity contribution in [3.05, 3.63) is 22.2 Å². The Morgan fingerprint density at radius 2 is 2.16 bits per heavy atom. The van der Waals surface area contributed by atoms with E-state index in [1.165, 1.54) is 6.07 Å². The van der Waals surface area contributed by atoms with Crippen LogP contribution in [0.25, 0.3) is 0 Å². The summed E-state index contributed by atoms with van der Waals surface area (Å²) in [6.07, 6.45) is 4.26. The van der Waals surface area contributed by atoms with Crippen molar-refractivity contribution >= 4 is 11.8 Å². The Hall–Kier alpha value is -1.85. The molecule has 1 aromatic rings. The van der Waals surface area contributed by atoms with Crippen LogP contribution in [0.5, 0.6) is 0 Å². The van der Waals surface area contributed by atoms with Gasteiger partial charge in [-0.3, -0.25) is 9.59 Å². The van der Waals surface area contributed by atoms with E-state index in [0.29, 0.717) is 24.6 Å². The van der Waals surface area contributed by atoms with Crippen molar-refractivity contribution in [2.45, 2.75) is 44.1 Å². The number of rotatable bonds is 4. The summed E-state index contributed by atoms with van der Waals surface area (Å²) in [7, 11) is 0. The van der Waals surface area contributed by atoms with Gasteiger partial charge in [-0.15, -0.1) is 0 Å². The summed E-state index contributed by atoms with van der Waals surface area (Å²) < 4.78 is 0. The molecule has 2 atom stereocenters. The molecule has 0 aromatic carbocycles.